The molecule has 0 saturated heterocycles. The Balaban J connectivity index is 1.52. The van der Waals surface area contributed by atoms with Crippen molar-refractivity contribution < 1.29 is 28.3 Å². The van der Waals surface area contributed by atoms with Gasteiger partial charge in [-0.15, -0.1) is 10.2 Å². The second kappa shape index (κ2) is 12.6. The van der Waals surface area contributed by atoms with E-state index in [2.05, 4.69) is 37.3 Å². The number of halogens is 1. The van der Waals surface area contributed by atoms with E-state index in [0.29, 0.717) is 16.5 Å². The number of hydrogen-bond acceptors (Lipinski definition) is 9. The van der Waals surface area contributed by atoms with E-state index >= 15 is 0 Å². The summed E-state index contributed by atoms with van der Waals surface area (Å²) in [5.74, 6) is -2.72. The Kier molecular flexibility index (Phi) is 8.92. The molecule has 1 atom stereocenters. The third-order valence-corrected chi connectivity index (χ3v) is 6.22. The predicted molar refractivity (Wildman–Crippen MR) is 146 cm³/mol. The lowest BCUT2D eigenvalue weighted by molar-refractivity contribution is -0.125. The van der Waals surface area contributed by atoms with E-state index in [1.165, 1.54) is 22.9 Å². The lowest BCUT2D eigenvalue weighted by Gasteiger charge is -2.30. The first-order valence-corrected chi connectivity index (χ1v) is 12.9. The lowest BCUT2D eigenvalue weighted by atomic mass is 9.86. The fourth-order valence-corrected chi connectivity index (χ4v) is 4.09. The first kappa shape index (κ1) is 29.8. The minimum absolute atomic E-state index is 0.0103. The second-order valence-corrected chi connectivity index (χ2v) is 10.4. The summed E-state index contributed by atoms with van der Waals surface area (Å²) in [4.78, 5) is 38.6. The zero-order chi connectivity index (χ0) is 30.4. The summed E-state index contributed by atoms with van der Waals surface area (Å²) in [5, 5.41) is 37.8. The summed E-state index contributed by atoms with van der Waals surface area (Å²) in [6.45, 7) is 5.07. The van der Waals surface area contributed by atoms with Gasteiger partial charge in [0.2, 0.25) is 11.8 Å². The molecule has 2 aromatic heterocycles. The van der Waals surface area contributed by atoms with Crippen LogP contribution in [0.3, 0.4) is 0 Å². The molecule has 0 bridgehead atoms. The van der Waals surface area contributed by atoms with Crippen LogP contribution in [-0.2, 0) is 17.9 Å². The summed E-state index contributed by atoms with van der Waals surface area (Å²) in [6.07, 6.45) is 0. The van der Waals surface area contributed by atoms with Gasteiger partial charge in [-0.3, -0.25) is 19.1 Å². The Labute approximate surface area is 239 Å². The number of aliphatic hydroxyl groups is 1. The number of carbonyl (C=O) groups is 3. The van der Waals surface area contributed by atoms with Crippen molar-refractivity contribution in [3.05, 3.63) is 76.9 Å². The average molecular weight is 577 g/mol. The van der Waals surface area contributed by atoms with Crippen molar-refractivity contribution in [3.8, 4) is 6.07 Å². The maximum atomic E-state index is 14.2. The van der Waals surface area contributed by atoms with Gasteiger partial charge < -0.3 is 25.5 Å². The second-order valence-electron chi connectivity index (χ2n) is 10.4. The summed E-state index contributed by atoms with van der Waals surface area (Å²) < 4.78 is 20.9. The summed E-state index contributed by atoms with van der Waals surface area (Å²) >= 11 is 0. The van der Waals surface area contributed by atoms with Crippen LogP contribution >= 0.6 is 0 Å². The first-order chi connectivity index (χ1) is 20.0. The Hall–Kier alpha value is -5.16. The minimum Gasteiger partial charge on any atom is -0.415 e. The third-order valence-electron chi connectivity index (χ3n) is 6.22. The van der Waals surface area contributed by atoms with Crippen LogP contribution in [0.4, 0.5) is 4.39 Å². The maximum Gasteiger partial charge on any atom is 0.308 e. The van der Waals surface area contributed by atoms with Crippen molar-refractivity contribution in [2.45, 2.75) is 39.9 Å². The molecule has 0 aliphatic heterocycles. The highest BCUT2D eigenvalue weighted by molar-refractivity contribution is 6.06. The molecule has 4 N–H and O–H groups in total. The van der Waals surface area contributed by atoms with Gasteiger partial charge in [0, 0.05) is 11.9 Å². The number of rotatable bonds is 10. The molecule has 0 fully saturated rings. The molecule has 4 aromatic rings. The topological polar surface area (TPSA) is 188 Å². The fourth-order valence-electron chi connectivity index (χ4n) is 4.09. The molecular weight excluding hydrogens is 547 g/mol. The fraction of sp³-hybridized carbons (Fsp3) is 0.321. The van der Waals surface area contributed by atoms with Gasteiger partial charge >= 0.3 is 11.8 Å². The number of aromatic nitrogens is 4. The zero-order valence-corrected chi connectivity index (χ0v) is 23.1. The minimum atomic E-state index is -1.03. The Morgan fingerprint density at radius 1 is 1.10 bits per heavy atom. The summed E-state index contributed by atoms with van der Waals surface area (Å²) in [5.41, 5.74) is 0.936. The third kappa shape index (κ3) is 6.94. The highest BCUT2D eigenvalue weighted by atomic mass is 19.1. The van der Waals surface area contributed by atoms with Crippen molar-refractivity contribution in [2.75, 3.05) is 13.2 Å². The van der Waals surface area contributed by atoms with Gasteiger partial charge in [0.25, 0.3) is 5.91 Å². The van der Waals surface area contributed by atoms with Gasteiger partial charge in [0.15, 0.2) is 5.69 Å². The van der Waals surface area contributed by atoms with Crippen LogP contribution in [0, 0.1) is 22.6 Å². The first-order valence-electron chi connectivity index (χ1n) is 12.9. The number of nitrogens with one attached hydrogen (secondary N) is 3. The molecule has 0 radical (unpaired) electrons. The molecule has 0 aliphatic carbocycles. The van der Waals surface area contributed by atoms with Crippen molar-refractivity contribution in [1.29, 1.82) is 5.26 Å². The number of fused-ring (bicyclic) bond motifs is 1. The number of carbonyl (C=O) groups excluding carboxylic acids is 3. The van der Waals surface area contributed by atoms with Crippen LogP contribution in [0.25, 0.3) is 10.9 Å². The van der Waals surface area contributed by atoms with Gasteiger partial charge in [0.1, 0.15) is 11.9 Å². The van der Waals surface area contributed by atoms with Crippen LogP contribution in [0.1, 0.15) is 59.0 Å². The van der Waals surface area contributed by atoms with E-state index in [0.717, 1.165) is 5.56 Å². The molecule has 0 aliphatic rings. The van der Waals surface area contributed by atoms with Crippen molar-refractivity contribution >= 4 is 28.6 Å². The molecule has 4 rings (SSSR count). The molecule has 218 valence electrons. The molecule has 14 heteroatoms. The van der Waals surface area contributed by atoms with E-state index in [-0.39, 0.29) is 43.7 Å². The van der Waals surface area contributed by atoms with Crippen LogP contribution < -0.4 is 16.0 Å². The van der Waals surface area contributed by atoms with Gasteiger partial charge in [-0.25, -0.2) is 4.39 Å². The lowest BCUT2D eigenvalue weighted by Crippen LogP contribution is -2.53. The number of amides is 3. The number of nitriles is 1. The Bertz CT molecular complexity index is 1650. The average Bonchev–Trinajstić information content (AvgIpc) is 3.58. The monoisotopic (exact) mass is 576 g/mol. The van der Waals surface area contributed by atoms with Gasteiger partial charge in [-0.1, -0.05) is 32.9 Å². The summed E-state index contributed by atoms with van der Waals surface area (Å²) in [6, 6.07) is 11.8. The normalized spacial score (nSPS) is 12.0. The van der Waals surface area contributed by atoms with Crippen LogP contribution in [0.5, 0.6) is 0 Å². The largest absolute Gasteiger partial charge is 0.415 e. The van der Waals surface area contributed by atoms with Crippen LogP contribution in [0.15, 0.2) is 46.9 Å². The van der Waals surface area contributed by atoms with E-state index in [1.54, 1.807) is 45.0 Å². The van der Waals surface area contributed by atoms with Crippen molar-refractivity contribution in [1.82, 2.24) is 35.9 Å². The molecule has 13 nitrogen and oxygen atoms in total. The van der Waals surface area contributed by atoms with Gasteiger partial charge in [0.05, 0.1) is 36.8 Å². The summed E-state index contributed by atoms with van der Waals surface area (Å²) in [7, 11) is 0. The molecule has 42 heavy (non-hydrogen) atoms. The molecular formula is C28H29FN8O5. The van der Waals surface area contributed by atoms with Gasteiger partial charge in [-0.05, 0) is 41.3 Å². The van der Waals surface area contributed by atoms with E-state index in [9.17, 15) is 18.8 Å². The van der Waals surface area contributed by atoms with Crippen LogP contribution in [-0.4, -0.2) is 62.0 Å². The molecule has 2 aromatic carbocycles. The number of aliphatic hydroxyl groups excluding tert-OH is 1. The SMILES string of the molecule is CC(C)(C)[C@H](NC(=O)c1nn(Cc2ccc(C#N)cc2)c2cc(F)ccc12)C(=O)NCc1nnc(C(=O)NCCO)o1. The smallest absolute Gasteiger partial charge is 0.308 e. The molecule has 0 unspecified atom stereocenters. The van der Waals surface area contributed by atoms with E-state index in [1.807, 2.05) is 0 Å². The maximum absolute atomic E-state index is 14.2. The Morgan fingerprint density at radius 2 is 1.83 bits per heavy atom. The molecule has 0 spiro atoms. The van der Waals surface area contributed by atoms with E-state index in [4.69, 9.17) is 14.8 Å². The molecule has 0 saturated carbocycles. The highest BCUT2D eigenvalue weighted by Gasteiger charge is 2.34. The van der Waals surface area contributed by atoms with Crippen molar-refractivity contribution in [3.63, 3.8) is 0 Å². The molecule has 3 amide bonds. The number of nitrogens with zero attached hydrogens (tertiary/aromatic N) is 5. The standard InChI is InChI=1S/C28H29FN8O5/c1-28(2,3)23(25(40)32-14-21-34-35-27(42-21)26(41)31-10-11-38)33-24(39)22-19-9-8-18(29)12-20(19)37(36-22)15-17-6-4-16(13-30)5-7-17/h4-9,12,23,38H,10-11,14-15H2,1-3H3,(H,31,41)(H,32,40)(H,33,39)/t23-/m1/s1. The quantitative estimate of drug-likeness (QED) is 0.218. The predicted octanol–water partition coefficient (Wildman–Crippen LogP) is 1.66. The van der Waals surface area contributed by atoms with Gasteiger partial charge in [-0.2, -0.15) is 10.4 Å². The zero-order valence-electron chi connectivity index (χ0n) is 23.1. The van der Waals surface area contributed by atoms with Crippen LogP contribution in [0.2, 0.25) is 0 Å². The highest BCUT2D eigenvalue weighted by Crippen LogP contribution is 2.24. The number of hydrogen-bond donors (Lipinski definition) is 4. The Morgan fingerprint density at radius 3 is 2.50 bits per heavy atom. The molecule has 2 heterocycles. The number of benzene rings is 2. The van der Waals surface area contributed by atoms with E-state index < -0.39 is 35.0 Å². The van der Waals surface area contributed by atoms with Crippen molar-refractivity contribution in [2.24, 2.45) is 5.41 Å².